The molecule has 0 aromatic heterocycles. The molecule has 1 saturated heterocycles. The molecule has 0 saturated carbocycles. The van der Waals surface area contributed by atoms with E-state index in [9.17, 15) is 14.4 Å². The molecule has 1 unspecified atom stereocenters. The minimum atomic E-state index is -0.496. The van der Waals surface area contributed by atoms with E-state index in [1.54, 1.807) is 24.3 Å². The van der Waals surface area contributed by atoms with Crippen LogP contribution in [0.5, 0.6) is 0 Å². The lowest BCUT2D eigenvalue weighted by molar-refractivity contribution is -0.123. The van der Waals surface area contributed by atoms with Crippen molar-refractivity contribution in [2.75, 3.05) is 18.0 Å². The number of hydrogen-bond donors (Lipinski definition) is 2. The first-order chi connectivity index (χ1) is 9.54. The first-order valence-electron chi connectivity index (χ1n) is 6.51. The van der Waals surface area contributed by atoms with Gasteiger partial charge < -0.3 is 16.0 Å². The van der Waals surface area contributed by atoms with Gasteiger partial charge in [0.2, 0.25) is 11.8 Å². The van der Waals surface area contributed by atoms with Crippen LogP contribution in [0.1, 0.15) is 23.7 Å². The largest absolute Gasteiger partial charge is 0.369 e. The number of para-hydroxylation sites is 1. The Labute approximate surface area is 116 Å². The van der Waals surface area contributed by atoms with Crippen molar-refractivity contribution in [1.82, 2.24) is 5.32 Å². The minimum Gasteiger partial charge on any atom is -0.369 e. The molecule has 0 radical (unpaired) electrons. The van der Waals surface area contributed by atoms with E-state index in [-0.39, 0.29) is 24.8 Å². The Kier molecular flexibility index (Phi) is 4.02. The average molecular weight is 275 g/mol. The van der Waals surface area contributed by atoms with Crippen LogP contribution >= 0.6 is 0 Å². The van der Waals surface area contributed by atoms with E-state index in [0.29, 0.717) is 17.8 Å². The molecular weight excluding hydrogens is 258 g/mol. The Hall–Kier alpha value is -2.37. The molecule has 1 aliphatic rings. The molecule has 6 heteroatoms. The second-order valence-electron chi connectivity index (χ2n) is 4.68. The molecule has 0 spiro atoms. The molecule has 0 aliphatic carbocycles. The molecule has 106 valence electrons. The van der Waals surface area contributed by atoms with Crippen LogP contribution in [0, 0.1) is 5.92 Å². The average Bonchev–Trinajstić information content (AvgIpc) is 2.81. The van der Waals surface area contributed by atoms with Crippen molar-refractivity contribution in [2.24, 2.45) is 11.7 Å². The van der Waals surface area contributed by atoms with Crippen LogP contribution in [0.2, 0.25) is 0 Å². The van der Waals surface area contributed by atoms with Crippen molar-refractivity contribution in [3.05, 3.63) is 29.8 Å². The summed E-state index contributed by atoms with van der Waals surface area (Å²) in [7, 11) is 0. The van der Waals surface area contributed by atoms with Gasteiger partial charge in [-0.2, -0.15) is 0 Å². The number of carbonyl (C=O) groups excluding carboxylic acids is 3. The van der Waals surface area contributed by atoms with Gasteiger partial charge in [0.1, 0.15) is 0 Å². The zero-order valence-electron chi connectivity index (χ0n) is 11.3. The van der Waals surface area contributed by atoms with Gasteiger partial charge in [-0.05, 0) is 19.1 Å². The number of primary amides is 1. The Morgan fingerprint density at radius 3 is 2.70 bits per heavy atom. The third kappa shape index (κ3) is 2.64. The predicted octanol–water partition coefficient (Wildman–Crippen LogP) is 0.275. The number of benzene rings is 1. The van der Waals surface area contributed by atoms with E-state index in [2.05, 4.69) is 5.32 Å². The number of nitrogens with two attached hydrogens (primary N) is 1. The van der Waals surface area contributed by atoms with Crippen molar-refractivity contribution in [3.8, 4) is 0 Å². The van der Waals surface area contributed by atoms with Crippen LogP contribution in [0.15, 0.2) is 24.3 Å². The number of hydrogen-bond acceptors (Lipinski definition) is 3. The standard InChI is InChI=1S/C14H17N3O3/c1-2-16-14(20)10-5-3-4-6-11(10)17-8-9(13(15)19)7-12(17)18/h3-6,9H,2,7-8H2,1H3,(H2,15,19)(H,16,20). The van der Waals surface area contributed by atoms with Gasteiger partial charge in [0.15, 0.2) is 0 Å². The van der Waals surface area contributed by atoms with Crippen molar-refractivity contribution >= 4 is 23.4 Å². The van der Waals surface area contributed by atoms with E-state index in [4.69, 9.17) is 5.73 Å². The zero-order chi connectivity index (χ0) is 14.7. The number of nitrogens with zero attached hydrogens (tertiary/aromatic N) is 1. The third-order valence-electron chi connectivity index (χ3n) is 3.30. The number of rotatable bonds is 4. The van der Waals surface area contributed by atoms with Crippen LogP contribution < -0.4 is 16.0 Å². The fourth-order valence-corrected chi connectivity index (χ4v) is 2.29. The quantitative estimate of drug-likeness (QED) is 0.826. The van der Waals surface area contributed by atoms with Gasteiger partial charge in [-0.3, -0.25) is 14.4 Å². The summed E-state index contributed by atoms with van der Waals surface area (Å²) in [5.41, 5.74) is 6.19. The molecule has 3 N–H and O–H groups in total. The van der Waals surface area contributed by atoms with Crippen LogP contribution in [-0.4, -0.2) is 30.8 Å². The van der Waals surface area contributed by atoms with E-state index in [0.717, 1.165) is 0 Å². The second-order valence-corrected chi connectivity index (χ2v) is 4.68. The molecule has 6 nitrogen and oxygen atoms in total. The van der Waals surface area contributed by atoms with Crippen molar-refractivity contribution in [2.45, 2.75) is 13.3 Å². The van der Waals surface area contributed by atoms with Crippen molar-refractivity contribution < 1.29 is 14.4 Å². The van der Waals surface area contributed by atoms with Crippen LogP contribution in [0.3, 0.4) is 0 Å². The molecule has 1 aliphatic heterocycles. The number of anilines is 1. The predicted molar refractivity (Wildman–Crippen MR) is 74.1 cm³/mol. The first-order valence-corrected chi connectivity index (χ1v) is 6.51. The molecule has 1 aromatic carbocycles. The van der Waals surface area contributed by atoms with Gasteiger partial charge in [0, 0.05) is 19.5 Å². The fraction of sp³-hybridized carbons (Fsp3) is 0.357. The van der Waals surface area contributed by atoms with Gasteiger partial charge >= 0.3 is 0 Å². The van der Waals surface area contributed by atoms with Crippen LogP contribution in [-0.2, 0) is 9.59 Å². The van der Waals surface area contributed by atoms with Gasteiger partial charge in [0.05, 0.1) is 17.2 Å². The smallest absolute Gasteiger partial charge is 0.253 e. The molecule has 1 atom stereocenters. The summed E-state index contributed by atoms with van der Waals surface area (Å²) in [5.74, 6) is -1.41. The molecule has 20 heavy (non-hydrogen) atoms. The second kappa shape index (κ2) is 5.73. The summed E-state index contributed by atoms with van der Waals surface area (Å²) in [6.45, 7) is 2.56. The molecule has 2 rings (SSSR count). The van der Waals surface area contributed by atoms with Gasteiger partial charge in [-0.1, -0.05) is 12.1 Å². The highest BCUT2D eigenvalue weighted by Gasteiger charge is 2.35. The summed E-state index contributed by atoms with van der Waals surface area (Å²) in [6.07, 6.45) is 0.0963. The van der Waals surface area contributed by atoms with Gasteiger partial charge in [-0.25, -0.2) is 0 Å². The van der Waals surface area contributed by atoms with Crippen LogP contribution in [0.4, 0.5) is 5.69 Å². The lowest BCUT2D eigenvalue weighted by Crippen LogP contribution is -2.31. The number of nitrogens with one attached hydrogen (secondary N) is 1. The Morgan fingerprint density at radius 2 is 2.10 bits per heavy atom. The SMILES string of the molecule is CCNC(=O)c1ccccc1N1CC(C(N)=O)CC1=O. The molecular formula is C14H17N3O3. The Balaban J connectivity index is 2.31. The first kappa shape index (κ1) is 14.0. The highest BCUT2D eigenvalue weighted by molar-refractivity contribution is 6.07. The highest BCUT2D eigenvalue weighted by atomic mass is 16.2. The maximum atomic E-state index is 12.0. The van der Waals surface area contributed by atoms with E-state index in [1.165, 1.54) is 4.90 Å². The summed E-state index contributed by atoms with van der Waals surface area (Å²) in [5, 5.41) is 2.71. The number of amides is 3. The summed E-state index contributed by atoms with van der Waals surface area (Å²) in [4.78, 5) is 36.7. The molecule has 1 aromatic rings. The minimum absolute atomic E-state index is 0.0963. The van der Waals surface area contributed by atoms with Gasteiger partial charge in [-0.15, -0.1) is 0 Å². The fourth-order valence-electron chi connectivity index (χ4n) is 2.29. The third-order valence-corrected chi connectivity index (χ3v) is 3.30. The lowest BCUT2D eigenvalue weighted by Gasteiger charge is -2.19. The molecule has 1 heterocycles. The molecule has 0 bridgehead atoms. The van der Waals surface area contributed by atoms with Crippen molar-refractivity contribution in [3.63, 3.8) is 0 Å². The van der Waals surface area contributed by atoms with Crippen LogP contribution in [0.25, 0.3) is 0 Å². The van der Waals surface area contributed by atoms with E-state index in [1.807, 2.05) is 6.92 Å². The Morgan fingerprint density at radius 1 is 1.40 bits per heavy atom. The summed E-state index contributed by atoms with van der Waals surface area (Å²) in [6, 6.07) is 6.85. The maximum Gasteiger partial charge on any atom is 0.253 e. The topological polar surface area (TPSA) is 92.5 Å². The molecule has 1 fully saturated rings. The normalized spacial score (nSPS) is 18.1. The lowest BCUT2D eigenvalue weighted by atomic mass is 10.1. The van der Waals surface area contributed by atoms with Gasteiger partial charge in [0.25, 0.3) is 5.91 Å². The Bertz CT molecular complexity index is 556. The maximum absolute atomic E-state index is 12.0. The highest BCUT2D eigenvalue weighted by Crippen LogP contribution is 2.28. The molecule has 3 amide bonds. The monoisotopic (exact) mass is 275 g/mol. The zero-order valence-corrected chi connectivity index (χ0v) is 11.3. The number of carbonyl (C=O) groups is 3. The summed E-state index contributed by atoms with van der Waals surface area (Å²) < 4.78 is 0. The summed E-state index contributed by atoms with van der Waals surface area (Å²) >= 11 is 0. The van der Waals surface area contributed by atoms with E-state index < -0.39 is 11.8 Å². The van der Waals surface area contributed by atoms with E-state index >= 15 is 0 Å². The van der Waals surface area contributed by atoms with Crippen molar-refractivity contribution in [1.29, 1.82) is 0 Å².